The van der Waals surface area contributed by atoms with Crippen LogP contribution in [0, 0.1) is 0 Å². The van der Waals surface area contributed by atoms with Crippen molar-refractivity contribution in [3.63, 3.8) is 0 Å². The number of nitrogens with zero attached hydrogens (tertiary/aromatic N) is 1. The van der Waals surface area contributed by atoms with Crippen LogP contribution in [0.15, 0.2) is 4.99 Å². The molecule has 0 unspecified atom stereocenters. The second kappa shape index (κ2) is 3.83. The van der Waals surface area contributed by atoms with Crippen molar-refractivity contribution in [2.45, 2.75) is 18.6 Å². The number of hydrogen-bond donors (Lipinski definition) is 1. The summed E-state index contributed by atoms with van der Waals surface area (Å²) in [6.07, 6.45) is 0. The van der Waals surface area contributed by atoms with E-state index in [2.05, 4.69) is 4.99 Å². The molecule has 2 nitrogen and oxygen atoms in total. The highest BCUT2D eigenvalue weighted by molar-refractivity contribution is 8.39. The molecule has 1 N–H and O–H groups in total. The van der Waals surface area contributed by atoms with Crippen LogP contribution >= 0.6 is 23.5 Å². The zero-order chi connectivity index (χ0) is 8.32. The molecule has 0 fully saturated rings. The fraction of sp³-hybridized carbons (Fsp3) is 0.857. The number of hydrogen-bond acceptors (Lipinski definition) is 4. The van der Waals surface area contributed by atoms with E-state index in [0.717, 1.165) is 16.7 Å². The summed E-state index contributed by atoms with van der Waals surface area (Å²) in [5, 5.41) is 8.97. The van der Waals surface area contributed by atoms with Gasteiger partial charge in [0.05, 0.1) is 13.2 Å². The third kappa shape index (κ3) is 3.05. The molecule has 0 spiro atoms. The van der Waals surface area contributed by atoms with Gasteiger partial charge in [-0.15, -0.1) is 0 Å². The highest BCUT2D eigenvalue weighted by Gasteiger charge is 2.22. The van der Waals surface area contributed by atoms with Gasteiger partial charge in [0.15, 0.2) is 0 Å². The minimum absolute atomic E-state index is 0.0732. The van der Waals surface area contributed by atoms with Gasteiger partial charge in [0, 0.05) is 10.5 Å². The Morgan fingerprint density at radius 1 is 1.73 bits per heavy atom. The molecule has 0 aromatic rings. The molecule has 11 heavy (non-hydrogen) atoms. The van der Waals surface area contributed by atoms with Crippen molar-refractivity contribution in [1.29, 1.82) is 0 Å². The van der Waals surface area contributed by atoms with Gasteiger partial charge in [-0.25, -0.2) is 0 Å². The summed E-state index contributed by atoms with van der Waals surface area (Å²) < 4.78 is 1.06. The van der Waals surface area contributed by atoms with Gasteiger partial charge < -0.3 is 5.11 Å². The average Bonchev–Trinajstić information content (AvgIpc) is 2.39. The van der Waals surface area contributed by atoms with E-state index >= 15 is 0 Å². The van der Waals surface area contributed by atoms with Crippen LogP contribution in [0.5, 0.6) is 0 Å². The number of rotatable bonds is 2. The van der Waals surface area contributed by atoms with Crippen LogP contribution in [0.1, 0.15) is 13.8 Å². The molecule has 0 atom stereocenters. The molecule has 1 aliphatic rings. The van der Waals surface area contributed by atoms with Crippen LogP contribution in [0.4, 0.5) is 0 Å². The van der Waals surface area contributed by atoms with E-state index in [-0.39, 0.29) is 11.4 Å². The summed E-state index contributed by atoms with van der Waals surface area (Å²) in [5.74, 6) is 1.10. The lowest BCUT2D eigenvalue weighted by molar-refractivity contribution is 0.265. The van der Waals surface area contributed by atoms with E-state index in [4.69, 9.17) is 5.11 Å². The second-order valence-electron chi connectivity index (χ2n) is 3.02. The van der Waals surface area contributed by atoms with Gasteiger partial charge in [-0.3, -0.25) is 4.99 Å². The van der Waals surface area contributed by atoms with Gasteiger partial charge >= 0.3 is 0 Å². The first-order chi connectivity index (χ1) is 5.14. The van der Waals surface area contributed by atoms with Gasteiger partial charge in [-0.2, -0.15) is 0 Å². The fourth-order valence-electron chi connectivity index (χ4n) is 0.646. The predicted octanol–water partition coefficient (Wildman–Crippen LogP) is 1.59. The molecule has 0 aliphatic carbocycles. The Bertz CT molecular complexity index is 168. The van der Waals surface area contributed by atoms with Crippen LogP contribution in [0.25, 0.3) is 0 Å². The molecule has 1 heterocycles. The minimum Gasteiger partial charge on any atom is -0.395 e. The van der Waals surface area contributed by atoms with E-state index in [1.165, 1.54) is 0 Å². The zero-order valence-electron chi connectivity index (χ0n) is 6.83. The summed E-state index contributed by atoms with van der Waals surface area (Å²) >= 11 is 3.46. The second-order valence-corrected chi connectivity index (χ2v) is 6.05. The van der Waals surface area contributed by atoms with Crippen LogP contribution in [-0.2, 0) is 0 Å². The summed E-state index contributed by atoms with van der Waals surface area (Å²) in [6, 6.07) is 0. The Morgan fingerprint density at radius 2 is 2.45 bits per heavy atom. The number of aliphatic hydroxyl groups is 1. The maximum Gasteiger partial charge on any atom is 0.125 e. The van der Waals surface area contributed by atoms with Crippen molar-refractivity contribution in [2.75, 3.05) is 18.9 Å². The predicted molar refractivity (Wildman–Crippen MR) is 53.5 cm³/mol. The van der Waals surface area contributed by atoms with Gasteiger partial charge in [0.25, 0.3) is 0 Å². The SMILES string of the molecule is CC(C)(CO)SC1=NCCS1. The van der Waals surface area contributed by atoms with Crippen molar-refractivity contribution in [1.82, 2.24) is 0 Å². The van der Waals surface area contributed by atoms with Gasteiger partial charge in [0.1, 0.15) is 4.38 Å². The van der Waals surface area contributed by atoms with Gasteiger partial charge in [0.2, 0.25) is 0 Å². The van der Waals surface area contributed by atoms with Crippen molar-refractivity contribution in [3.8, 4) is 0 Å². The van der Waals surface area contributed by atoms with Crippen LogP contribution < -0.4 is 0 Å². The monoisotopic (exact) mass is 191 g/mol. The topological polar surface area (TPSA) is 32.6 Å². The van der Waals surface area contributed by atoms with Crippen LogP contribution in [0.3, 0.4) is 0 Å². The Kier molecular flexibility index (Phi) is 3.28. The Hall–Kier alpha value is 0.330. The molecule has 0 aromatic heterocycles. The van der Waals surface area contributed by atoms with E-state index in [1.807, 2.05) is 13.8 Å². The molecule has 64 valence electrons. The first kappa shape index (κ1) is 9.42. The quantitative estimate of drug-likeness (QED) is 0.719. The third-order valence-corrected chi connectivity index (χ3v) is 3.65. The molecule has 4 heteroatoms. The van der Waals surface area contributed by atoms with E-state index in [1.54, 1.807) is 23.5 Å². The fourth-order valence-corrected chi connectivity index (χ4v) is 3.04. The maximum absolute atomic E-state index is 8.97. The normalized spacial score (nSPS) is 18.6. The standard InChI is InChI=1S/C7H13NOS2/c1-7(2,5-9)11-6-8-3-4-10-6/h9H,3-5H2,1-2H3. The molecule has 1 aliphatic heterocycles. The zero-order valence-corrected chi connectivity index (χ0v) is 8.47. The summed E-state index contributed by atoms with van der Waals surface area (Å²) in [5.41, 5.74) is 0. The molecule has 0 amide bonds. The highest BCUT2D eigenvalue weighted by atomic mass is 32.2. The van der Waals surface area contributed by atoms with E-state index in [0.29, 0.717) is 0 Å². The smallest absolute Gasteiger partial charge is 0.125 e. The molecule has 0 saturated heterocycles. The Labute approximate surface area is 75.9 Å². The third-order valence-electron chi connectivity index (χ3n) is 1.30. The molecule has 0 aromatic carbocycles. The van der Waals surface area contributed by atoms with Crippen molar-refractivity contribution in [2.24, 2.45) is 4.99 Å². The molecule has 0 saturated carbocycles. The summed E-state index contributed by atoms with van der Waals surface area (Å²) in [6.45, 7) is 5.20. The largest absolute Gasteiger partial charge is 0.395 e. The molecule has 0 radical (unpaired) electrons. The van der Waals surface area contributed by atoms with E-state index < -0.39 is 0 Å². The van der Waals surface area contributed by atoms with Crippen LogP contribution in [-0.4, -0.2) is 33.1 Å². The molecule has 1 rings (SSSR count). The summed E-state index contributed by atoms with van der Waals surface area (Å²) in [7, 11) is 0. The summed E-state index contributed by atoms with van der Waals surface area (Å²) in [4.78, 5) is 4.30. The van der Waals surface area contributed by atoms with Crippen molar-refractivity contribution >= 4 is 27.9 Å². The first-order valence-corrected chi connectivity index (χ1v) is 5.41. The first-order valence-electron chi connectivity index (χ1n) is 3.61. The lowest BCUT2D eigenvalue weighted by Gasteiger charge is -2.19. The number of aliphatic imine (C=N–C) groups is 1. The highest BCUT2D eigenvalue weighted by Crippen LogP contribution is 2.32. The molecular weight excluding hydrogens is 178 g/mol. The van der Waals surface area contributed by atoms with Gasteiger partial charge in [-0.1, -0.05) is 23.5 Å². The van der Waals surface area contributed by atoms with Crippen LogP contribution in [0.2, 0.25) is 0 Å². The van der Waals surface area contributed by atoms with Crippen molar-refractivity contribution in [3.05, 3.63) is 0 Å². The maximum atomic E-state index is 8.97. The Morgan fingerprint density at radius 3 is 2.91 bits per heavy atom. The van der Waals surface area contributed by atoms with Gasteiger partial charge in [-0.05, 0) is 13.8 Å². The van der Waals surface area contributed by atoms with E-state index in [9.17, 15) is 0 Å². The molecular formula is C7H13NOS2. The number of aliphatic hydroxyl groups excluding tert-OH is 1. The lowest BCUT2D eigenvalue weighted by Crippen LogP contribution is -2.21. The number of thioether (sulfide) groups is 2. The van der Waals surface area contributed by atoms with Crippen molar-refractivity contribution < 1.29 is 5.11 Å². The Balaban J connectivity index is 2.40. The molecule has 0 bridgehead atoms. The minimum atomic E-state index is -0.0732. The average molecular weight is 191 g/mol. The lowest BCUT2D eigenvalue weighted by atomic mass is 10.2.